The summed E-state index contributed by atoms with van der Waals surface area (Å²) in [7, 11) is 1.62. The van der Waals surface area contributed by atoms with Gasteiger partial charge in [0.1, 0.15) is 5.75 Å². The number of aromatic nitrogens is 3. The van der Waals surface area contributed by atoms with Gasteiger partial charge in [-0.05, 0) is 55.0 Å². The molecule has 35 heavy (non-hydrogen) atoms. The Labute approximate surface area is 207 Å². The number of hydrogen-bond donors (Lipinski definition) is 2. The largest absolute Gasteiger partial charge is 0.497 e. The fourth-order valence-corrected chi connectivity index (χ4v) is 4.16. The third-order valence-corrected chi connectivity index (χ3v) is 6.19. The smallest absolute Gasteiger partial charge is 0.252 e. The lowest BCUT2D eigenvalue weighted by Gasteiger charge is -2.15. The van der Waals surface area contributed by atoms with E-state index in [1.54, 1.807) is 25.3 Å². The van der Waals surface area contributed by atoms with E-state index in [9.17, 15) is 4.79 Å². The van der Waals surface area contributed by atoms with Crippen LogP contribution in [0.4, 0.5) is 0 Å². The number of methoxy groups -OCH3 is 1. The number of amides is 1. The molecule has 0 spiro atoms. The Balaban J connectivity index is 1.63. The van der Waals surface area contributed by atoms with Gasteiger partial charge in [-0.1, -0.05) is 54.1 Å². The van der Waals surface area contributed by atoms with E-state index in [2.05, 4.69) is 15.5 Å². The lowest BCUT2D eigenvalue weighted by atomic mass is 10.0. The SMILES string of the molecule is COc1ccc(-c2[nH]nc3nc(-c4ccc(Cl)cc4)cc(C(=O)N[C@@H](C)c4ccccc4)c23)cc1. The Morgan fingerprint density at radius 3 is 2.34 bits per heavy atom. The first-order valence-electron chi connectivity index (χ1n) is 11.2. The highest BCUT2D eigenvalue weighted by atomic mass is 35.5. The van der Waals surface area contributed by atoms with Crippen LogP contribution < -0.4 is 10.1 Å². The molecule has 3 aromatic carbocycles. The van der Waals surface area contributed by atoms with Crippen LogP contribution in [0.25, 0.3) is 33.5 Å². The molecule has 7 heteroatoms. The van der Waals surface area contributed by atoms with E-state index in [1.165, 1.54) is 0 Å². The van der Waals surface area contributed by atoms with E-state index in [0.717, 1.165) is 28.1 Å². The van der Waals surface area contributed by atoms with Crippen LogP contribution in [0.5, 0.6) is 5.75 Å². The molecule has 0 fully saturated rings. The average Bonchev–Trinajstić information content (AvgIpc) is 3.33. The molecule has 174 valence electrons. The van der Waals surface area contributed by atoms with Gasteiger partial charge >= 0.3 is 0 Å². The van der Waals surface area contributed by atoms with Crippen molar-refractivity contribution in [1.82, 2.24) is 20.5 Å². The van der Waals surface area contributed by atoms with Crippen LogP contribution in [0.1, 0.15) is 28.9 Å². The standard InChI is InChI=1S/C28H23ClN4O2/c1-17(18-6-4-3-5-7-18)30-28(34)23-16-24(19-8-12-21(29)13-9-19)31-27-25(23)26(32-33-27)20-10-14-22(35-2)15-11-20/h3-17H,1-2H3,(H,30,34)(H,31,32,33)/t17-/m0/s1. The van der Waals surface area contributed by atoms with Gasteiger partial charge in [0, 0.05) is 16.1 Å². The topological polar surface area (TPSA) is 79.9 Å². The molecule has 0 saturated heterocycles. The summed E-state index contributed by atoms with van der Waals surface area (Å²) >= 11 is 6.07. The fourth-order valence-electron chi connectivity index (χ4n) is 4.04. The van der Waals surface area contributed by atoms with Crippen molar-refractivity contribution in [1.29, 1.82) is 0 Å². The van der Waals surface area contributed by atoms with Crippen molar-refractivity contribution in [2.45, 2.75) is 13.0 Å². The normalized spacial score (nSPS) is 11.9. The van der Waals surface area contributed by atoms with Crippen LogP contribution >= 0.6 is 11.6 Å². The zero-order chi connectivity index (χ0) is 24.4. The first-order valence-corrected chi connectivity index (χ1v) is 11.6. The summed E-state index contributed by atoms with van der Waals surface area (Å²) in [6.07, 6.45) is 0. The molecule has 6 nitrogen and oxygen atoms in total. The van der Waals surface area contributed by atoms with Gasteiger partial charge in [-0.2, -0.15) is 5.10 Å². The Hall–Kier alpha value is -4.16. The van der Waals surface area contributed by atoms with Gasteiger partial charge in [0.25, 0.3) is 5.91 Å². The minimum absolute atomic E-state index is 0.178. The van der Waals surface area contributed by atoms with Gasteiger partial charge in [-0.15, -0.1) is 0 Å². The molecule has 0 saturated carbocycles. The maximum absolute atomic E-state index is 13.6. The molecule has 0 bridgehead atoms. The average molecular weight is 483 g/mol. The Kier molecular flexibility index (Phi) is 6.21. The molecule has 0 unspecified atom stereocenters. The van der Waals surface area contributed by atoms with Gasteiger partial charge in [0.05, 0.1) is 35.5 Å². The number of ether oxygens (including phenoxy) is 1. The van der Waals surface area contributed by atoms with Crippen LogP contribution in [0.3, 0.4) is 0 Å². The maximum atomic E-state index is 13.6. The number of aromatic amines is 1. The number of halogens is 1. The van der Waals surface area contributed by atoms with E-state index in [1.807, 2.05) is 73.7 Å². The van der Waals surface area contributed by atoms with Crippen molar-refractivity contribution in [2.24, 2.45) is 0 Å². The molecule has 0 aliphatic rings. The molecule has 0 aliphatic carbocycles. The molecule has 0 radical (unpaired) electrons. The van der Waals surface area contributed by atoms with E-state index >= 15 is 0 Å². The molecule has 1 atom stereocenters. The van der Waals surface area contributed by atoms with Crippen molar-refractivity contribution in [2.75, 3.05) is 7.11 Å². The number of rotatable bonds is 6. The zero-order valence-corrected chi connectivity index (χ0v) is 20.0. The summed E-state index contributed by atoms with van der Waals surface area (Å²) in [5.41, 5.74) is 5.04. The summed E-state index contributed by atoms with van der Waals surface area (Å²) in [5, 5.41) is 11.9. The van der Waals surface area contributed by atoms with Crippen molar-refractivity contribution in [3.8, 4) is 28.3 Å². The minimum atomic E-state index is -0.208. The second-order valence-corrected chi connectivity index (χ2v) is 8.63. The fraction of sp³-hybridized carbons (Fsp3) is 0.107. The van der Waals surface area contributed by atoms with Crippen LogP contribution in [0.2, 0.25) is 5.02 Å². The molecule has 2 N–H and O–H groups in total. The van der Waals surface area contributed by atoms with Crippen molar-refractivity contribution in [3.63, 3.8) is 0 Å². The van der Waals surface area contributed by atoms with E-state index in [-0.39, 0.29) is 11.9 Å². The summed E-state index contributed by atoms with van der Waals surface area (Å²) < 4.78 is 5.28. The number of hydrogen-bond acceptors (Lipinski definition) is 4. The van der Waals surface area contributed by atoms with Crippen molar-refractivity contribution in [3.05, 3.63) is 101 Å². The van der Waals surface area contributed by atoms with Crippen molar-refractivity contribution < 1.29 is 9.53 Å². The van der Waals surface area contributed by atoms with Crippen molar-refractivity contribution >= 4 is 28.5 Å². The highest BCUT2D eigenvalue weighted by Gasteiger charge is 2.22. The monoisotopic (exact) mass is 482 g/mol. The predicted octanol–water partition coefficient (Wildman–Crippen LogP) is 6.44. The van der Waals surface area contributed by atoms with E-state index in [4.69, 9.17) is 21.3 Å². The number of fused-ring (bicyclic) bond motifs is 1. The van der Waals surface area contributed by atoms with Gasteiger partial charge in [0.15, 0.2) is 5.65 Å². The van der Waals surface area contributed by atoms with E-state index in [0.29, 0.717) is 27.3 Å². The van der Waals surface area contributed by atoms with E-state index < -0.39 is 0 Å². The number of H-pyrrole nitrogens is 1. The Bertz CT molecular complexity index is 1480. The first kappa shape index (κ1) is 22.6. The number of nitrogens with zero attached hydrogens (tertiary/aromatic N) is 2. The number of benzene rings is 3. The van der Waals surface area contributed by atoms with Crippen LogP contribution in [0.15, 0.2) is 84.9 Å². The number of carbonyl (C=O) groups excluding carboxylic acids is 1. The third kappa shape index (κ3) is 4.61. The molecule has 0 aliphatic heterocycles. The lowest BCUT2D eigenvalue weighted by Crippen LogP contribution is -2.27. The molecule has 2 aromatic heterocycles. The van der Waals surface area contributed by atoms with Crippen LogP contribution in [-0.4, -0.2) is 28.2 Å². The number of pyridine rings is 1. The quantitative estimate of drug-likeness (QED) is 0.291. The second kappa shape index (κ2) is 9.60. The predicted molar refractivity (Wildman–Crippen MR) is 139 cm³/mol. The number of carbonyl (C=O) groups is 1. The molecule has 2 heterocycles. The maximum Gasteiger partial charge on any atom is 0.252 e. The molecule has 5 rings (SSSR count). The Morgan fingerprint density at radius 1 is 0.971 bits per heavy atom. The van der Waals surface area contributed by atoms with Gasteiger partial charge in [-0.3, -0.25) is 9.89 Å². The summed E-state index contributed by atoms with van der Waals surface area (Å²) in [6.45, 7) is 1.96. The minimum Gasteiger partial charge on any atom is -0.497 e. The summed E-state index contributed by atoms with van der Waals surface area (Å²) in [4.78, 5) is 18.4. The zero-order valence-electron chi connectivity index (χ0n) is 19.2. The first-order chi connectivity index (χ1) is 17.0. The molecular weight excluding hydrogens is 460 g/mol. The van der Waals surface area contributed by atoms with Crippen LogP contribution in [0, 0.1) is 0 Å². The summed E-state index contributed by atoms with van der Waals surface area (Å²) in [5.74, 6) is 0.538. The van der Waals surface area contributed by atoms with Gasteiger partial charge < -0.3 is 10.1 Å². The van der Waals surface area contributed by atoms with Gasteiger partial charge in [0.2, 0.25) is 0 Å². The Morgan fingerprint density at radius 2 is 1.66 bits per heavy atom. The highest BCUT2D eigenvalue weighted by Crippen LogP contribution is 2.33. The lowest BCUT2D eigenvalue weighted by molar-refractivity contribution is 0.0941. The third-order valence-electron chi connectivity index (χ3n) is 5.93. The molecular formula is C28H23ClN4O2. The number of nitrogens with one attached hydrogen (secondary N) is 2. The molecule has 5 aromatic rings. The second-order valence-electron chi connectivity index (χ2n) is 8.19. The highest BCUT2D eigenvalue weighted by molar-refractivity contribution is 6.30. The molecule has 1 amide bonds. The van der Waals surface area contributed by atoms with Gasteiger partial charge in [-0.25, -0.2) is 4.98 Å². The van der Waals surface area contributed by atoms with Crippen LogP contribution in [-0.2, 0) is 0 Å². The summed E-state index contributed by atoms with van der Waals surface area (Å²) in [6, 6.07) is 26.4.